The van der Waals surface area contributed by atoms with Gasteiger partial charge in [0, 0.05) is 6.61 Å². The molecule has 2 nitrogen and oxygen atoms in total. The SMILES string of the molecule is CC1CCC(C(C)C)C(O)C1.OCCC1CCCC1. The quantitative estimate of drug-likeness (QED) is 0.814. The van der Waals surface area contributed by atoms with E-state index in [2.05, 4.69) is 20.8 Å². The molecule has 0 aromatic carbocycles. The van der Waals surface area contributed by atoms with Crippen LogP contribution in [0.1, 0.15) is 72.1 Å². The van der Waals surface area contributed by atoms with E-state index in [1.165, 1.54) is 38.5 Å². The molecule has 2 N–H and O–H groups in total. The molecule has 2 heteroatoms. The normalized spacial score (nSPS) is 32.2. The van der Waals surface area contributed by atoms with E-state index in [1.54, 1.807) is 0 Å². The van der Waals surface area contributed by atoms with E-state index in [0.29, 0.717) is 18.4 Å². The van der Waals surface area contributed by atoms with E-state index in [-0.39, 0.29) is 6.10 Å². The first-order chi connectivity index (χ1) is 9.04. The average Bonchev–Trinajstić information content (AvgIpc) is 2.82. The molecule has 0 radical (unpaired) electrons. The third-order valence-corrected chi connectivity index (χ3v) is 5.00. The van der Waals surface area contributed by atoms with E-state index >= 15 is 0 Å². The highest BCUT2D eigenvalue weighted by atomic mass is 16.3. The first-order valence-corrected chi connectivity index (χ1v) is 8.33. The van der Waals surface area contributed by atoms with Gasteiger partial charge in [-0.2, -0.15) is 0 Å². The van der Waals surface area contributed by atoms with Crippen LogP contribution in [0.3, 0.4) is 0 Å². The van der Waals surface area contributed by atoms with Crippen LogP contribution in [0.25, 0.3) is 0 Å². The summed E-state index contributed by atoms with van der Waals surface area (Å²) in [6.07, 6.45) is 10.1. The maximum atomic E-state index is 9.71. The van der Waals surface area contributed by atoms with Crippen LogP contribution in [0.5, 0.6) is 0 Å². The van der Waals surface area contributed by atoms with E-state index in [9.17, 15) is 5.11 Å². The summed E-state index contributed by atoms with van der Waals surface area (Å²) in [5, 5.41) is 18.2. The molecule has 0 amide bonds. The van der Waals surface area contributed by atoms with E-state index in [1.807, 2.05) is 0 Å². The summed E-state index contributed by atoms with van der Waals surface area (Å²) < 4.78 is 0. The molecule has 0 saturated heterocycles. The van der Waals surface area contributed by atoms with E-state index in [4.69, 9.17) is 5.11 Å². The van der Waals surface area contributed by atoms with Gasteiger partial charge in [0.2, 0.25) is 0 Å². The van der Waals surface area contributed by atoms with Crippen LogP contribution in [0, 0.1) is 23.7 Å². The van der Waals surface area contributed by atoms with Crippen LogP contribution >= 0.6 is 0 Å². The number of hydrogen-bond donors (Lipinski definition) is 2. The van der Waals surface area contributed by atoms with Gasteiger partial charge in [-0.3, -0.25) is 0 Å². The van der Waals surface area contributed by atoms with Gasteiger partial charge in [-0.25, -0.2) is 0 Å². The minimum Gasteiger partial charge on any atom is -0.396 e. The Labute approximate surface area is 119 Å². The predicted octanol–water partition coefficient (Wildman–Crippen LogP) is 4.00. The Morgan fingerprint density at radius 3 is 2.16 bits per heavy atom. The fourth-order valence-electron chi connectivity index (χ4n) is 3.63. The van der Waals surface area contributed by atoms with Gasteiger partial charge in [0.05, 0.1) is 6.10 Å². The van der Waals surface area contributed by atoms with Crippen molar-refractivity contribution >= 4 is 0 Å². The first kappa shape index (κ1) is 17.0. The molecule has 0 heterocycles. The van der Waals surface area contributed by atoms with Gasteiger partial charge in [0.1, 0.15) is 0 Å². The third kappa shape index (κ3) is 6.27. The zero-order chi connectivity index (χ0) is 14.3. The Balaban J connectivity index is 0.000000200. The Kier molecular flexibility index (Phi) is 8.01. The predicted molar refractivity (Wildman–Crippen MR) is 81.0 cm³/mol. The fraction of sp³-hybridized carbons (Fsp3) is 1.00. The van der Waals surface area contributed by atoms with Crippen molar-refractivity contribution in [3.63, 3.8) is 0 Å². The van der Waals surface area contributed by atoms with E-state index < -0.39 is 0 Å². The lowest BCUT2D eigenvalue weighted by Gasteiger charge is -2.33. The minimum atomic E-state index is -0.0289. The monoisotopic (exact) mass is 270 g/mol. The molecule has 19 heavy (non-hydrogen) atoms. The van der Waals surface area contributed by atoms with Gasteiger partial charge in [-0.1, -0.05) is 52.9 Å². The highest BCUT2D eigenvalue weighted by Gasteiger charge is 2.28. The van der Waals surface area contributed by atoms with Crippen LogP contribution in [-0.4, -0.2) is 22.9 Å². The van der Waals surface area contributed by atoms with Crippen molar-refractivity contribution in [2.75, 3.05) is 6.61 Å². The Morgan fingerprint density at radius 2 is 1.68 bits per heavy atom. The van der Waals surface area contributed by atoms with Gasteiger partial charge >= 0.3 is 0 Å². The molecule has 0 bridgehead atoms. The Bertz CT molecular complexity index is 221. The smallest absolute Gasteiger partial charge is 0.0573 e. The molecular formula is C17H34O2. The summed E-state index contributed by atoms with van der Waals surface area (Å²) in [6.45, 7) is 7.05. The third-order valence-electron chi connectivity index (χ3n) is 5.00. The molecule has 0 aromatic heterocycles. The maximum absolute atomic E-state index is 9.71. The number of aliphatic hydroxyl groups is 2. The lowest BCUT2D eigenvalue weighted by Crippen LogP contribution is -2.31. The first-order valence-electron chi connectivity index (χ1n) is 8.33. The summed E-state index contributed by atoms with van der Waals surface area (Å²) in [5.74, 6) is 2.81. The molecular weight excluding hydrogens is 236 g/mol. The van der Waals surface area contributed by atoms with E-state index in [0.717, 1.165) is 24.7 Å². The molecule has 0 spiro atoms. The van der Waals surface area contributed by atoms with Crippen LogP contribution in [0.15, 0.2) is 0 Å². The number of aliphatic hydroxyl groups excluding tert-OH is 2. The molecule has 0 aliphatic heterocycles. The van der Waals surface area contributed by atoms with Gasteiger partial charge in [-0.15, -0.1) is 0 Å². The summed E-state index contributed by atoms with van der Waals surface area (Å²) in [7, 11) is 0. The van der Waals surface area contributed by atoms with Crippen LogP contribution < -0.4 is 0 Å². The molecule has 114 valence electrons. The van der Waals surface area contributed by atoms with Crippen LogP contribution in [-0.2, 0) is 0 Å². The fourth-order valence-corrected chi connectivity index (χ4v) is 3.63. The molecule has 2 aliphatic carbocycles. The van der Waals surface area contributed by atoms with Gasteiger partial charge < -0.3 is 10.2 Å². The molecule has 2 rings (SSSR count). The molecule has 2 aliphatic rings. The minimum absolute atomic E-state index is 0.0289. The van der Waals surface area contributed by atoms with Gasteiger partial charge in [-0.05, 0) is 42.9 Å². The summed E-state index contributed by atoms with van der Waals surface area (Å²) in [4.78, 5) is 0. The lowest BCUT2D eigenvalue weighted by molar-refractivity contribution is 0.0266. The number of rotatable bonds is 3. The zero-order valence-electron chi connectivity index (χ0n) is 13.1. The molecule has 3 unspecified atom stereocenters. The van der Waals surface area contributed by atoms with Crippen molar-refractivity contribution in [3.05, 3.63) is 0 Å². The maximum Gasteiger partial charge on any atom is 0.0573 e. The van der Waals surface area contributed by atoms with Crippen molar-refractivity contribution in [3.8, 4) is 0 Å². The van der Waals surface area contributed by atoms with Crippen molar-refractivity contribution in [1.29, 1.82) is 0 Å². The van der Waals surface area contributed by atoms with Crippen molar-refractivity contribution < 1.29 is 10.2 Å². The summed E-state index contributed by atoms with van der Waals surface area (Å²) in [6, 6.07) is 0. The highest BCUT2D eigenvalue weighted by Crippen LogP contribution is 2.33. The van der Waals surface area contributed by atoms with Crippen molar-refractivity contribution in [2.45, 2.75) is 78.2 Å². The Hall–Kier alpha value is -0.0800. The molecule has 2 fully saturated rings. The lowest BCUT2D eigenvalue weighted by atomic mass is 9.75. The van der Waals surface area contributed by atoms with Gasteiger partial charge in [0.15, 0.2) is 0 Å². The largest absolute Gasteiger partial charge is 0.396 e. The molecule has 0 aromatic rings. The second-order valence-corrected chi connectivity index (χ2v) is 7.06. The zero-order valence-corrected chi connectivity index (χ0v) is 13.1. The highest BCUT2D eigenvalue weighted by molar-refractivity contribution is 4.79. The average molecular weight is 270 g/mol. The summed E-state index contributed by atoms with van der Waals surface area (Å²) >= 11 is 0. The van der Waals surface area contributed by atoms with Crippen molar-refractivity contribution in [1.82, 2.24) is 0 Å². The number of hydrogen-bond acceptors (Lipinski definition) is 2. The second-order valence-electron chi connectivity index (χ2n) is 7.06. The second kappa shape index (κ2) is 8.97. The molecule has 3 atom stereocenters. The standard InChI is InChI=1S/C10H20O.C7H14O/c1-7(2)9-5-4-8(3)6-10(9)11;8-6-5-7-3-1-2-4-7/h7-11H,4-6H2,1-3H3;7-8H,1-6H2. The summed E-state index contributed by atoms with van der Waals surface area (Å²) in [5.41, 5.74) is 0. The van der Waals surface area contributed by atoms with Crippen molar-refractivity contribution in [2.24, 2.45) is 23.7 Å². The Morgan fingerprint density at radius 1 is 1.05 bits per heavy atom. The van der Waals surface area contributed by atoms with Crippen LogP contribution in [0.4, 0.5) is 0 Å². The van der Waals surface area contributed by atoms with Gasteiger partial charge in [0.25, 0.3) is 0 Å². The topological polar surface area (TPSA) is 40.5 Å². The molecule has 2 saturated carbocycles. The van der Waals surface area contributed by atoms with Crippen LogP contribution in [0.2, 0.25) is 0 Å².